The quantitative estimate of drug-likeness (QED) is 0.357. The smallest absolute Gasteiger partial charge is 0.253 e. The number of amides is 1. The van der Waals surface area contributed by atoms with E-state index in [4.69, 9.17) is 4.74 Å². The van der Waals surface area contributed by atoms with Crippen LogP contribution in [0.15, 0.2) is 121 Å². The van der Waals surface area contributed by atoms with Crippen molar-refractivity contribution in [2.24, 2.45) is 5.92 Å². The van der Waals surface area contributed by atoms with Crippen molar-refractivity contribution >= 4 is 5.91 Å². The van der Waals surface area contributed by atoms with E-state index in [1.165, 1.54) is 0 Å². The molecule has 2 atom stereocenters. The molecule has 4 heteroatoms. The summed E-state index contributed by atoms with van der Waals surface area (Å²) < 4.78 is 6.91. The summed E-state index contributed by atoms with van der Waals surface area (Å²) in [6, 6.07) is 40.0. The Bertz CT molecular complexity index is 1150. The maximum Gasteiger partial charge on any atom is 0.253 e. The molecule has 1 N–H and O–H groups in total. The van der Waals surface area contributed by atoms with E-state index in [-0.39, 0.29) is 11.8 Å². The van der Waals surface area contributed by atoms with Crippen molar-refractivity contribution in [3.05, 3.63) is 144 Å². The van der Waals surface area contributed by atoms with Gasteiger partial charge in [0.1, 0.15) is 5.60 Å². The molecule has 4 aromatic rings. The summed E-state index contributed by atoms with van der Waals surface area (Å²) >= 11 is 0. The van der Waals surface area contributed by atoms with Gasteiger partial charge < -0.3 is 14.7 Å². The van der Waals surface area contributed by atoms with Crippen LogP contribution in [0.1, 0.15) is 33.5 Å². The minimum Gasteiger partial charge on any atom is -0.391 e. The van der Waals surface area contributed by atoms with Crippen LogP contribution in [0.5, 0.6) is 0 Å². The van der Waals surface area contributed by atoms with Gasteiger partial charge in [-0.15, -0.1) is 0 Å². The topological polar surface area (TPSA) is 49.8 Å². The summed E-state index contributed by atoms with van der Waals surface area (Å²) in [4.78, 5) is 14.7. The molecule has 4 nitrogen and oxygen atoms in total. The first-order valence-corrected chi connectivity index (χ1v) is 12.5. The molecular formula is C32H31NO3. The number of likely N-dealkylation sites (tertiary alicyclic amines) is 1. The van der Waals surface area contributed by atoms with E-state index in [9.17, 15) is 9.90 Å². The lowest BCUT2D eigenvalue weighted by Gasteiger charge is -2.40. The maximum atomic E-state index is 12.9. The number of piperidine rings is 1. The normalized spacial score (nSPS) is 18.1. The molecule has 4 aromatic carbocycles. The SMILES string of the molecule is O=C(c1ccccc1)N1CC[C@H](COC(c2ccccc2)(c2ccccc2)c2ccccc2)[C@H](O)C1. The Labute approximate surface area is 212 Å². The third kappa shape index (κ3) is 4.83. The zero-order chi connectivity index (χ0) is 24.8. The lowest BCUT2D eigenvalue weighted by atomic mass is 9.80. The Morgan fingerprint density at radius 3 is 1.64 bits per heavy atom. The highest BCUT2D eigenvalue weighted by atomic mass is 16.5. The van der Waals surface area contributed by atoms with Crippen LogP contribution in [-0.4, -0.2) is 41.7 Å². The van der Waals surface area contributed by atoms with Gasteiger partial charge in [0.25, 0.3) is 5.91 Å². The second-order valence-electron chi connectivity index (χ2n) is 9.32. The molecule has 1 fully saturated rings. The molecule has 0 aromatic heterocycles. The Morgan fingerprint density at radius 2 is 1.19 bits per heavy atom. The monoisotopic (exact) mass is 477 g/mol. The zero-order valence-electron chi connectivity index (χ0n) is 20.2. The van der Waals surface area contributed by atoms with Gasteiger partial charge in [0, 0.05) is 24.6 Å². The molecule has 5 rings (SSSR count). The van der Waals surface area contributed by atoms with E-state index in [2.05, 4.69) is 36.4 Å². The predicted molar refractivity (Wildman–Crippen MR) is 142 cm³/mol. The number of hydrogen-bond acceptors (Lipinski definition) is 3. The van der Waals surface area contributed by atoms with Crippen molar-refractivity contribution < 1.29 is 14.6 Å². The number of rotatable bonds is 7. The molecule has 1 amide bonds. The van der Waals surface area contributed by atoms with Gasteiger partial charge in [-0.1, -0.05) is 109 Å². The second kappa shape index (κ2) is 10.9. The maximum absolute atomic E-state index is 12.9. The number of carbonyl (C=O) groups excluding carboxylic acids is 1. The summed E-state index contributed by atoms with van der Waals surface area (Å²) in [5.74, 6) is -0.124. The number of nitrogens with zero attached hydrogens (tertiary/aromatic N) is 1. The van der Waals surface area contributed by atoms with Crippen molar-refractivity contribution in [1.82, 2.24) is 4.90 Å². The van der Waals surface area contributed by atoms with Crippen LogP contribution >= 0.6 is 0 Å². The van der Waals surface area contributed by atoms with Gasteiger partial charge in [-0.2, -0.15) is 0 Å². The van der Waals surface area contributed by atoms with Crippen molar-refractivity contribution in [2.45, 2.75) is 18.1 Å². The number of aliphatic hydroxyl groups excluding tert-OH is 1. The molecule has 0 bridgehead atoms. The third-order valence-electron chi connectivity index (χ3n) is 7.08. The second-order valence-corrected chi connectivity index (χ2v) is 9.32. The number of carbonyl (C=O) groups is 1. The van der Waals surface area contributed by atoms with E-state index in [1.807, 2.05) is 84.9 Å². The van der Waals surface area contributed by atoms with Crippen LogP contribution in [0.2, 0.25) is 0 Å². The van der Waals surface area contributed by atoms with Crippen molar-refractivity contribution in [2.75, 3.05) is 19.7 Å². The Hall–Kier alpha value is -3.73. The predicted octanol–water partition coefficient (Wildman–Crippen LogP) is 5.52. The largest absolute Gasteiger partial charge is 0.391 e. The van der Waals surface area contributed by atoms with E-state index in [0.29, 0.717) is 31.7 Å². The summed E-state index contributed by atoms with van der Waals surface area (Å²) in [6.07, 6.45) is 0.0141. The van der Waals surface area contributed by atoms with E-state index < -0.39 is 11.7 Å². The lowest BCUT2D eigenvalue weighted by Crippen LogP contribution is -2.48. The summed E-state index contributed by atoms with van der Waals surface area (Å²) in [7, 11) is 0. The summed E-state index contributed by atoms with van der Waals surface area (Å²) in [5, 5.41) is 11.1. The van der Waals surface area contributed by atoms with Gasteiger partial charge in [0.2, 0.25) is 0 Å². The third-order valence-corrected chi connectivity index (χ3v) is 7.08. The lowest BCUT2D eigenvalue weighted by molar-refractivity contribution is -0.0588. The van der Waals surface area contributed by atoms with E-state index in [1.54, 1.807) is 4.90 Å². The molecule has 0 saturated carbocycles. The molecule has 1 aliphatic rings. The fraction of sp³-hybridized carbons (Fsp3) is 0.219. The first-order chi connectivity index (χ1) is 17.7. The number of aliphatic hydroxyl groups is 1. The first-order valence-electron chi connectivity index (χ1n) is 12.5. The molecule has 0 unspecified atom stereocenters. The molecule has 0 spiro atoms. The van der Waals surface area contributed by atoms with Crippen LogP contribution in [-0.2, 0) is 10.3 Å². The highest BCUT2D eigenvalue weighted by Crippen LogP contribution is 2.41. The Balaban J connectivity index is 1.41. The first kappa shape index (κ1) is 24.0. The van der Waals surface area contributed by atoms with Crippen LogP contribution in [0.25, 0.3) is 0 Å². The van der Waals surface area contributed by atoms with Gasteiger partial charge in [0.05, 0.1) is 12.7 Å². The Kier molecular flexibility index (Phi) is 7.26. The number of β-amino-alcohol motifs (C(OH)–C–C–N with tert-alkyl or cyclic N) is 1. The van der Waals surface area contributed by atoms with Crippen LogP contribution < -0.4 is 0 Å². The molecule has 0 radical (unpaired) electrons. The standard InChI is InChI=1S/C32H31NO3/c34-30-23-33(31(35)25-13-5-1-6-14-25)22-21-26(30)24-36-32(27-15-7-2-8-16-27,28-17-9-3-10-18-28)29-19-11-4-12-20-29/h1-20,26,30,34H,21-24H2/t26-,30-/m1/s1. The van der Waals surface area contributed by atoms with Crippen LogP contribution in [0.3, 0.4) is 0 Å². The van der Waals surface area contributed by atoms with Gasteiger partial charge in [0.15, 0.2) is 0 Å². The molecule has 0 aliphatic carbocycles. The average Bonchev–Trinajstić information content (AvgIpc) is 2.96. The van der Waals surface area contributed by atoms with Gasteiger partial charge in [-0.25, -0.2) is 0 Å². The van der Waals surface area contributed by atoms with Gasteiger partial charge in [-0.3, -0.25) is 4.79 Å². The number of benzene rings is 4. The number of ether oxygens (including phenoxy) is 1. The van der Waals surface area contributed by atoms with Crippen molar-refractivity contribution in [3.63, 3.8) is 0 Å². The molecule has 1 heterocycles. The number of hydrogen-bond donors (Lipinski definition) is 1. The van der Waals surface area contributed by atoms with Crippen LogP contribution in [0, 0.1) is 5.92 Å². The van der Waals surface area contributed by atoms with Crippen molar-refractivity contribution in [3.8, 4) is 0 Å². The highest BCUT2D eigenvalue weighted by Gasteiger charge is 2.40. The van der Waals surface area contributed by atoms with Crippen molar-refractivity contribution in [1.29, 1.82) is 0 Å². The molecule has 1 saturated heterocycles. The minimum absolute atomic E-state index is 0.0405. The summed E-state index contributed by atoms with van der Waals surface area (Å²) in [6.45, 7) is 1.26. The molecule has 182 valence electrons. The summed E-state index contributed by atoms with van der Waals surface area (Å²) in [5.41, 5.74) is 2.94. The average molecular weight is 478 g/mol. The van der Waals surface area contributed by atoms with Gasteiger partial charge >= 0.3 is 0 Å². The molecular weight excluding hydrogens is 446 g/mol. The minimum atomic E-state index is -0.819. The molecule has 1 aliphatic heterocycles. The van der Waals surface area contributed by atoms with E-state index in [0.717, 1.165) is 16.7 Å². The van der Waals surface area contributed by atoms with Gasteiger partial charge in [-0.05, 0) is 35.2 Å². The van der Waals surface area contributed by atoms with E-state index >= 15 is 0 Å². The highest BCUT2D eigenvalue weighted by molar-refractivity contribution is 5.94. The fourth-order valence-electron chi connectivity index (χ4n) is 5.12. The Morgan fingerprint density at radius 1 is 0.750 bits per heavy atom. The van der Waals surface area contributed by atoms with Crippen LogP contribution in [0.4, 0.5) is 0 Å². The fourth-order valence-corrected chi connectivity index (χ4v) is 5.12. The molecule has 36 heavy (non-hydrogen) atoms. The zero-order valence-corrected chi connectivity index (χ0v) is 20.2.